The van der Waals surface area contributed by atoms with Crippen molar-refractivity contribution in [2.24, 2.45) is 0 Å². The Kier molecular flexibility index (Phi) is 16.3. The molecule has 1 amide bonds. The second-order valence-corrected chi connectivity index (χ2v) is 9.84. The summed E-state index contributed by atoms with van der Waals surface area (Å²) in [6.07, 6.45) is 10.1. The lowest BCUT2D eigenvalue weighted by Crippen LogP contribution is -2.51. The average Bonchev–Trinajstić information content (AvgIpc) is 2.70. The average molecular weight is 528 g/mol. The highest BCUT2D eigenvalue weighted by molar-refractivity contribution is 14.1. The van der Waals surface area contributed by atoms with Gasteiger partial charge in [-0.05, 0) is 61.9 Å². The molecule has 0 aliphatic rings. The van der Waals surface area contributed by atoms with E-state index in [0.29, 0.717) is 6.42 Å². The third kappa shape index (κ3) is 16.1. The topological polar surface area (TPSA) is 100 Å². The van der Waals surface area contributed by atoms with Crippen molar-refractivity contribution >= 4 is 28.5 Å². The van der Waals surface area contributed by atoms with Gasteiger partial charge in [-0.3, -0.25) is 10.1 Å². The van der Waals surface area contributed by atoms with E-state index in [1.165, 1.54) is 25.3 Å². The van der Waals surface area contributed by atoms with Crippen molar-refractivity contribution < 1.29 is 24.5 Å². The molecule has 0 rings (SSSR count). The van der Waals surface area contributed by atoms with Crippen LogP contribution in [0, 0.1) is 0 Å². The number of amides is 1. The van der Waals surface area contributed by atoms with Crippen LogP contribution in [-0.2, 0) is 14.3 Å². The highest BCUT2D eigenvalue weighted by Crippen LogP contribution is 2.20. The summed E-state index contributed by atoms with van der Waals surface area (Å²) in [5.41, 5.74) is 0. The van der Waals surface area contributed by atoms with Gasteiger partial charge in [0.1, 0.15) is 9.77 Å². The lowest BCUT2D eigenvalue weighted by Gasteiger charge is -2.31. The summed E-state index contributed by atoms with van der Waals surface area (Å²) in [7, 11) is 1.55. The maximum Gasteiger partial charge on any atom is 0.221 e. The maximum absolute atomic E-state index is 12.2. The van der Waals surface area contributed by atoms with Crippen LogP contribution in [-0.4, -0.2) is 58.5 Å². The van der Waals surface area contributed by atoms with Crippen molar-refractivity contribution in [1.82, 2.24) is 10.6 Å². The molecule has 0 aromatic heterocycles. The molecular formula is C21H41IN2O5. The number of rotatable bonds is 19. The van der Waals surface area contributed by atoms with E-state index in [-0.39, 0.29) is 19.1 Å². The SMILES string of the molecule is C=CC(O)NCCCCCCCCCCC(=O)NC(I)(CO)COC(C)(C)OC. The van der Waals surface area contributed by atoms with E-state index in [1.54, 1.807) is 21.0 Å². The summed E-state index contributed by atoms with van der Waals surface area (Å²) in [5.74, 6) is -0.832. The monoisotopic (exact) mass is 528 g/mol. The lowest BCUT2D eigenvalue weighted by molar-refractivity contribution is -0.202. The number of hydrogen-bond donors (Lipinski definition) is 4. The van der Waals surface area contributed by atoms with Crippen molar-refractivity contribution in [1.29, 1.82) is 0 Å². The normalized spacial score (nSPS) is 15.0. The predicted molar refractivity (Wildman–Crippen MR) is 125 cm³/mol. The van der Waals surface area contributed by atoms with Crippen LogP contribution in [0.25, 0.3) is 0 Å². The van der Waals surface area contributed by atoms with Crippen LogP contribution in [0.4, 0.5) is 0 Å². The second kappa shape index (κ2) is 16.4. The molecule has 0 fully saturated rings. The molecule has 2 atom stereocenters. The van der Waals surface area contributed by atoms with Crippen LogP contribution in [0.3, 0.4) is 0 Å². The van der Waals surface area contributed by atoms with E-state index in [2.05, 4.69) is 17.2 Å². The highest BCUT2D eigenvalue weighted by atomic mass is 127. The zero-order valence-corrected chi connectivity index (χ0v) is 20.5. The Morgan fingerprint density at radius 3 is 2.21 bits per heavy atom. The predicted octanol–water partition coefficient (Wildman–Crippen LogP) is 3.23. The van der Waals surface area contributed by atoms with Gasteiger partial charge in [0.05, 0.1) is 13.2 Å². The number of unbranched alkanes of at least 4 members (excludes halogenated alkanes) is 7. The number of aliphatic hydroxyl groups is 2. The van der Waals surface area contributed by atoms with E-state index in [1.807, 2.05) is 22.6 Å². The van der Waals surface area contributed by atoms with Crippen LogP contribution < -0.4 is 10.6 Å². The number of ether oxygens (including phenoxy) is 2. The molecule has 0 radical (unpaired) electrons. The van der Waals surface area contributed by atoms with Crippen molar-refractivity contribution in [2.75, 3.05) is 26.9 Å². The molecular weight excluding hydrogens is 487 g/mol. The Labute approximate surface area is 190 Å². The first-order valence-electron chi connectivity index (χ1n) is 10.5. The lowest BCUT2D eigenvalue weighted by atomic mass is 10.1. The molecule has 0 heterocycles. The molecule has 4 N–H and O–H groups in total. The van der Waals surface area contributed by atoms with E-state index in [0.717, 1.165) is 38.6 Å². The molecule has 0 aromatic carbocycles. The molecule has 0 aliphatic heterocycles. The largest absolute Gasteiger partial charge is 0.393 e. The minimum atomic E-state index is -0.846. The third-order valence-corrected chi connectivity index (χ3v) is 5.58. The zero-order valence-electron chi connectivity index (χ0n) is 18.3. The maximum atomic E-state index is 12.2. The van der Waals surface area contributed by atoms with E-state index < -0.39 is 15.6 Å². The van der Waals surface area contributed by atoms with Crippen molar-refractivity contribution in [3.05, 3.63) is 12.7 Å². The molecule has 8 heteroatoms. The number of nitrogens with one attached hydrogen (secondary N) is 2. The Morgan fingerprint density at radius 2 is 1.69 bits per heavy atom. The molecule has 172 valence electrons. The smallest absolute Gasteiger partial charge is 0.221 e. The van der Waals surface area contributed by atoms with Gasteiger partial charge < -0.3 is 25.0 Å². The van der Waals surface area contributed by atoms with Crippen molar-refractivity contribution in [3.63, 3.8) is 0 Å². The standard InChI is InChI=1S/C21H41IN2O5/c1-5-18(26)23-15-13-11-9-7-6-8-10-12-14-19(27)24-21(22,16-25)17-29-20(2,3)28-4/h5,18,23,25-26H,1,6-17H2,2-4H3,(H,24,27). The molecule has 0 saturated carbocycles. The van der Waals surface area contributed by atoms with Crippen molar-refractivity contribution in [2.45, 2.75) is 87.2 Å². The molecule has 0 saturated heterocycles. The molecule has 29 heavy (non-hydrogen) atoms. The summed E-state index contributed by atoms with van der Waals surface area (Å²) in [4.78, 5) is 12.2. The first kappa shape index (κ1) is 28.7. The minimum absolute atomic E-state index is 0.0681. The summed E-state index contributed by atoms with van der Waals surface area (Å²) < 4.78 is 9.99. The fourth-order valence-corrected chi connectivity index (χ4v) is 3.04. The number of alkyl halides is 1. The van der Waals surface area contributed by atoms with Gasteiger partial charge in [-0.1, -0.05) is 45.1 Å². The van der Waals surface area contributed by atoms with Gasteiger partial charge in [-0.2, -0.15) is 0 Å². The Balaban J connectivity index is 3.73. The summed E-state index contributed by atoms with van der Waals surface area (Å²) in [6, 6.07) is 0. The Hall–Kier alpha value is -0.260. The summed E-state index contributed by atoms with van der Waals surface area (Å²) in [6.45, 7) is 7.85. The molecule has 2 unspecified atom stereocenters. The number of aliphatic hydroxyl groups excluding tert-OH is 2. The molecule has 0 spiro atoms. The van der Waals surface area contributed by atoms with E-state index >= 15 is 0 Å². The number of carbonyl (C=O) groups is 1. The quantitative estimate of drug-likeness (QED) is 0.0513. The highest BCUT2D eigenvalue weighted by Gasteiger charge is 2.31. The molecule has 0 bridgehead atoms. The number of halogens is 1. The van der Waals surface area contributed by atoms with Gasteiger partial charge in [-0.25, -0.2) is 0 Å². The summed E-state index contributed by atoms with van der Waals surface area (Å²) in [5, 5.41) is 24.7. The van der Waals surface area contributed by atoms with Crippen LogP contribution in [0.2, 0.25) is 0 Å². The molecule has 7 nitrogen and oxygen atoms in total. The number of carbonyl (C=O) groups excluding carboxylic acids is 1. The Morgan fingerprint density at radius 1 is 1.14 bits per heavy atom. The van der Waals surface area contributed by atoms with Gasteiger partial charge in [0, 0.05) is 13.5 Å². The first-order chi connectivity index (χ1) is 13.7. The van der Waals surface area contributed by atoms with Crippen LogP contribution in [0.15, 0.2) is 12.7 Å². The first-order valence-corrected chi connectivity index (χ1v) is 11.6. The van der Waals surface area contributed by atoms with Gasteiger partial charge in [0.25, 0.3) is 0 Å². The van der Waals surface area contributed by atoms with Gasteiger partial charge >= 0.3 is 0 Å². The fraction of sp³-hybridized carbons (Fsp3) is 0.857. The minimum Gasteiger partial charge on any atom is -0.393 e. The fourth-order valence-electron chi connectivity index (χ4n) is 2.59. The Bertz CT molecular complexity index is 451. The second-order valence-electron chi connectivity index (χ2n) is 7.78. The molecule has 0 aromatic rings. The molecule has 0 aliphatic carbocycles. The van der Waals surface area contributed by atoms with Crippen molar-refractivity contribution in [3.8, 4) is 0 Å². The zero-order chi connectivity index (χ0) is 22.2. The number of hydrogen-bond acceptors (Lipinski definition) is 6. The number of methoxy groups -OCH3 is 1. The van der Waals surface area contributed by atoms with Crippen LogP contribution in [0.5, 0.6) is 0 Å². The summed E-state index contributed by atoms with van der Waals surface area (Å²) >= 11 is 2.02. The van der Waals surface area contributed by atoms with Crippen LogP contribution >= 0.6 is 22.6 Å². The van der Waals surface area contributed by atoms with Crippen LogP contribution in [0.1, 0.15) is 71.6 Å². The van der Waals surface area contributed by atoms with E-state index in [4.69, 9.17) is 9.47 Å². The van der Waals surface area contributed by atoms with E-state index in [9.17, 15) is 15.0 Å². The van der Waals surface area contributed by atoms with Gasteiger partial charge in [0.2, 0.25) is 5.91 Å². The third-order valence-electron chi connectivity index (χ3n) is 4.66. The van der Waals surface area contributed by atoms with Gasteiger partial charge in [-0.15, -0.1) is 0 Å². The van der Waals surface area contributed by atoms with Gasteiger partial charge in [0.15, 0.2) is 5.79 Å².